The lowest BCUT2D eigenvalue weighted by Gasteiger charge is -2.15. The van der Waals surface area contributed by atoms with E-state index in [0.717, 1.165) is 12.8 Å². The highest BCUT2D eigenvalue weighted by atomic mass is 16.5. The number of hydrogen-bond acceptors (Lipinski definition) is 6. The van der Waals surface area contributed by atoms with Crippen LogP contribution in [0.1, 0.15) is 18.4 Å². The molecule has 1 aliphatic rings. The molecule has 4 rings (SSSR count). The molecule has 0 radical (unpaired) electrons. The molecular formula is C22H21N3O5. The summed E-state index contributed by atoms with van der Waals surface area (Å²) in [4.78, 5) is 25.0. The molecule has 0 atom stereocenters. The van der Waals surface area contributed by atoms with Gasteiger partial charge in [0.2, 0.25) is 11.8 Å². The van der Waals surface area contributed by atoms with Crippen LogP contribution in [0.25, 0.3) is 16.5 Å². The number of nitrogens with zero attached hydrogens (tertiary/aromatic N) is 2. The summed E-state index contributed by atoms with van der Waals surface area (Å²) in [7, 11) is 3.01. The van der Waals surface area contributed by atoms with Gasteiger partial charge in [-0.05, 0) is 31.0 Å². The Kier molecular flexibility index (Phi) is 5.14. The summed E-state index contributed by atoms with van der Waals surface area (Å²) in [5, 5.41) is 15.9. The summed E-state index contributed by atoms with van der Waals surface area (Å²) in [6.07, 6.45) is 3.08. The van der Waals surface area contributed by atoms with E-state index in [1.165, 1.54) is 25.0 Å². The van der Waals surface area contributed by atoms with Crippen LogP contribution in [-0.2, 0) is 4.79 Å². The van der Waals surface area contributed by atoms with Crippen LogP contribution >= 0.6 is 0 Å². The van der Waals surface area contributed by atoms with Crippen LogP contribution in [0.4, 0.5) is 0 Å². The number of benzene rings is 2. The highest BCUT2D eigenvalue weighted by Gasteiger charge is 2.29. The monoisotopic (exact) mass is 407 g/mol. The first-order valence-corrected chi connectivity index (χ1v) is 9.47. The molecule has 1 aromatic heterocycles. The number of carbonyl (C=O) groups excluding carboxylic acids is 1. The van der Waals surface area contributed by atoms with Crippen molar-refractivity contribution in [2.45, 2.75) is 12.8 Å². The highest BCUT2D eigenvalue weighted by Crippen LogP contribution is 2.32. The normalized spacial score (nSPS) is 13.5. The second kappa shape index (κ2) is 7.90. The van der Waals surface area contributed by atoms with E-state index >= 15 is 0 Å². The molecule has 3 aromatic rings. The van der Waals surface area contributed by atoms with Gasteiger partial charge in [0.25, 0.3) is 5.56 Å². The van der Waals surface area contributed by atoms with Gasteiger partial charge in [0.1, 0.15) is 0 Å². The first-order chi connectivity index (χ1) is 14.5. The molecule has 1 amide bonds. The van der Waals surface area contributed by atoms with E-state index in [1.54, 1.807) is 42.5 Å². The zero-order chi connectivity index (χ0) is 21.3. The third-order valence-electron chi connectivity index (χ3n) is 5.05. The van der Waals surface area contributed by atoms with Crippen molar-refractivity contribution in [3.8, 4) is 23.1 Å². The number of amides is 1. The number of nitrogens with one attached hydrogen (secondary N) is 1. The van der Waals surface area contributed by atoms with Gasteiger partial charge in [0, 0.05) is 22.8 Å². The van der Waals surface area contributed by atoms with Crippen molar-refractivity contribution in [1.29, 1.82) is 0 Å². The largest absolute Gasteiger partial charge is 0.494 e. The summed E-state index contributed by atoms with van der Waals surface area (Å²) in [5.74, 6) is 0.479. The van der Waals surface area contributed by atoms with Crippen molar-refractivity contribution in [3.63, 3.8) is 0 Å². The van der Waals surface area contributed by atoms with Crippen LogP contribution in [-0.4, -0.2) is 36.0 Å². The maximum Gasteiger partial charge on any atom is 0.265 e. The zero-order valence-corrected chi connectivity index (χ0v) is 16.6. The van der Waals surface area contributed by atoms with Crippen molar-refractivity contribution in [2.24, 2.45) is 11.0 Å². The Bertz CT molecular complexity index is 1210. The maximum atomic E-state index is 13.2. The maximum absolute atomic E-state index is 13.2. The number of carbonyl (C=O) groups is 1. The third kappa shape index (κ3) is 3.47. The number of pyridine rings is 1. The summed E-state index contributed by atoms with van der Waals surface area (Å²) >= 11 is 0. The molecular weight excluding hydrogens is 386 g/mol. The predicted octanol–water partition coefficient (Wildman–Crippen LogP) is 2.57. The first kappa shape index (κ1) is 19.5. The molecule has 2 aromatic carbocycles. The lowest BCUT2D eigenvalue weighted by Crippen LogP contribution is -2.21. The van der Waals surface area contributed by atoms with E-state index in [-0.39, 0.29) is 17.7 Å². The average molecular weight is 407 g/mol. The molecule has 0 saturated heterocycles. The standard InChI is InChI=1S/C22H21N3O5/c1-29-18-10-9-14(11-19(18)30-2)25-21(27)16-6-4-3-5-15(16)17(22(25)28)12-23-24-20(26)13-7-8-13/h3-6,9-13,28H,7-8H2,1-2H3,(H,24,26)/b23-12+. The molecule has 0 bridgehead atoms. The topological polar surface area (TPSA) is 102 Å². The molecule has 2 N–H and O–H groups in total. The van der Waals surface area contributed by atoms with Gasteiger partial charge in [-0.25, -0.2) is 9.99 Å². The van der Waals surface area contributed by atoms with Crippen molar-refractivity contribution < 1.29 is 19.4 Å². The Hall–Kier alpha value is -3.81. The minimum atomic E-state index is -0.394. The van der Waals surface area contributed by atoms with E-state index in [9.17, 15) is 14.7 Å². The van der Waals surface area contributed by atoms with Crippen molar-refractivity contribution >= 4 is 22.9 Å². The number of fused-ring (bicyclic) bond motifs is 1. The quantitative estimate of drug-likeness (QED) is 0.483. The lowest BCUT2D eigenvalue weighted by molar-refractivity contribution is -0.122. The van der Waals surface area contributed by atoms with Gasteiger partial charge in [0.05, 0.1) is 31.7 Å². The summed E-state index contributed by atoms with van der Waals surface area (Å²) in [5.41, 5.74) is 2.81. The van der Waals surface area contributed by atoms with E-state index in [1.807, 2.05) is 0 Å². The molecule has 154 valence electrons. The molecule has 1 saturated carbocycles. The first-order valence-electron chi connectivity index (χ1n) is 9.47. The van der Waals surface area contributed by atoms with Gasteiger partial charge in [-0.3, -0.25) is 9.59 Å². The second-order valence-electron chi connectivity index (χ2n) is 6.97. The molecule has 0 unspecified atom stereocenters. The van der Waals surface area contributed by atoms with E-state index in [0.29, 0.717) is 33.5 Å². The molecule has 1 heterocycles. The minimum absolute atomic E-state index is 0.00760. The number of hydrazone groups is 1. The van der Waals surface area contributed by atoms with Gasteiger partial charge in [-0.15, -0.1) is 0 Å². The molecule has 1 fully saturated rings. The van der Waals surface area contributed by atoms with Gasteiger partial charge in [-0.2, -0.15) is 5.10 Å². The third-order valence-corrected chi connectivity index (χ3v) is 5.05. The number of rotatable bonds is 6. The molecule has 0 spiro atoms. The van der Waals surface area contributed by atoms with E-state index in [2.05, 4.69) is 10.5 Å². The number of hydrogen-bond donors (Lipinski definition) is 2. The Morgan fingerprint density at radius 1 is 1.13 bits per heavy atom. The molecule has 1 aliphatic carbocycles. The summed E-state index contributed by atoms with van der Waals surface area (Å²) in [6.45, 7) is 0. The number of ether oxygens (including phenoxy) is 2. The molecule has 30 heavy (non-hydrogen) atoms. The second-order valence-corrected chi connectivity index (χ2v) is 6.97. The van der Waals surface area contributed by atoms with Crippen molar-refractivity contribution in [2.75, 3.05) is 14.2 Å². The Morgan fingerprint density at radius 2 is 1.83 bits per heavy atom. The number of aromatic nitrogens is 1. The van der Waals surface area contributed by atoms with Crippen molar-refractivity contribution in [3.05, 3.63) is 58.4 Å². The van der Waals surface area contributed by atoms with Gasteiger partial charge in [-0.1, -0.05) is 18.2 Å². The Balaban J connectivity index is 1.87. The minimum Gasteiger partial charge on any atom is -0.494 e. The van der Waals surface area contributed by atoms with Crippen LogP contribution in [0.2, 0.25) is 0 Å². The smallest absolute Gasteiger partial charge is 0.265 e. The Labute approximate surface area is 172 Å². The van der Waals surface area contributed by atoms with Crippen LogP contribution in [0.15, 0.2) is 52.4 Å². The molecule has 8 nitrogen and oxygen atoms in total. The van der Waals surface area contributed by atoms with Crippen molar-refractivity contribution in [1.82, 2.24) is 9.99 Å². The fraction of sp³-hybridized carbons (Fsp3) is 0.227. The van der Waals surface area contributed by atoms with Gasteiger partial charge < -0.3 is 14.6 Å². The SMILES string of the molecule is COc1ccc(-n2c(O)c(/C=N/NC(=O)C3CC3)c3ccccc3c2=O)cc1OC. The van der Waals surface area contributed by atoms with Crippen LogP contribution in [0, 0.1) is 5.92 Å². The van der Waals surface area contributed by atoms with Gasteiger partial charge >= 0.3 is 0 Å². The van der Waals surface area contributed by atoms with E-state index in [4.69, 9.17) is 9.47 Å². The summed E-state index contributed by atoms with van der Waals surface area (Å²) < 4.78 is 11.7. The highest BCUT2D eigenvalue weighted by molar-refractivity contribution is 6.02. The summed E-state index contributed by atoms with van der Waals surface area (Å²) in [6, 6.07) is 11.8. The van der Waals surface area contributed by atoms with Gasteiger partial charge in [0.15, 0.2) is 11.5 Å². The van der Waals surface area contributed by atoms with E-state index < -0.39 is 5.56 Å². The van der Waals surface area contributed by atoms with Crippen LogP contribution in [0.5, 0.6) is 17.4 Å². The van der Waals surface area contributed by atoms with Crippen LogP contribution < -0.4 is 20.5 Å². The predicted molar refractivity (Wildman–Crippen MR) is 113 cm³/mol. The number of methoxy groups -OCH3 is 2. The fourth-order valence-electron chi connectivity index (χ4n) is 3.29. The zero-order valence-electron chi connectivity index (χ0n) is 16.6. The molecule has 0 aliphatic heterocycles. The fourth-order valence-corrected chi connectivity index (χ4v) is 3.29. The lowest BCUT2D eigenvalue weighted by atomic mass is 10.1. The van der Waals surface area contributed by atoms with Crippen LogP contribution in [0.3, 0.4) is 0 Å². The molecule has 8 heteroatoms. The Morgan fingerprint density at radius 3 is 2.50 bits per heavy atom. The average Bonchev–Trinajstić information content (AvgIpc) is 3.61. The number of aromatic hydroxyl groups is 1.